The van der Waals surface area contributed by atoms with Crippen molar-refractivity contribution in [2.45, 2.75) is 19.4 Å². The van der Waals surface area contributed by atoms with E-state index in [-0.39, 0.29) is 17.7 Å². The van der Waals surface area contributed by atoms with Crippen LogP contribution in [0.25, 0.3) is 0 Å². The average molecular weight is 343 g/mol. The molecule has 1 aromatic carbocycles. The fourth-order valence-corrected chi connectivity index (χ4v) is 2.51. The maximum absolute atomic E-state index is 12.4. The van der Waals surface area contributed by atoms with Crippen LogP contribution in [0.4, 0.5) is 5.69 Å². The van der Waals surface area contributed by atoms with Crippen LogP contribution < -0.4 is 0 Å². The maximum Gasteiger partial charge on any atom is 0.284 e. The second kappa shape index (κ2) is 6.32. The van der Waals surface area contributed by atoms with Gasteiger partial charge in [0.05, 0.1) is 22.1 Å². The first-order chi connectivity index (χ1) is 9.52. The minimum absolute atomic E-state index is 0.0399. The van der Waals surface area contributed by atoms with E-state index in [1.165, 1.54) is 12.1 Å². The van der Waals surface area contributed by atoms with Crippen LogP contribution >= 0.6 is 15.9 Å². The van der Waals surface area contributed by atoms with Crippen molar-refractivity contribution in [3.63, 3.8) is 0 Å². The highest BCUT2D eigenvalue weighted by molar-refractivity contribution is 9.10. The van der Waals surface area contributed by atoms with Gasteiger partial charge in [-0.2, -0.15) is 0 Å². The molecule has 0 bridgehead atoms. The van der Waals surface area contributed by atoms with Crippen LogP contribution in [0.1, 0.15) is 23.7 Å². The molecule has 1 saturated heterocycles. The number of ether oxygens (including phenoxy) is 1. The van der Waals surface area contributed by atoms with E-state index in [2.05, 4.69) is 15.9 Å². The highest BCUT2D eigenvalue weighted by atomic mass is 79.9. The summed E-state index contributed by atoms with van der Waals surface area (Å²) in [5.41, 5.74) is 0.229. The van der Waals surface area contributed by atoms with E-state index in [1.54, 1.807) is 11.0 Å². The molecule has 1 heterocycles. The van der Waals surface area contributed by atoms with Crippen molar-refractivity contribution < 1.29 is 14.5 Å². The molecule has 20 heavy (non-hydrogen) atoms. The Morgan fingerprint density at radius 1 is 1.60 bits per heavy atom. The zero-order valence-corrected chi connectivity index (χ0v) is 12.6. The van der Waals surface area contributed by atoms with E-state index in [0.717, 1.165) is 6.42 Å². The lowest BCUT2D eigenvalue weighted by Gasteiger charge is -2.32. The highest BCUT2D eigenvalue weighted by Gasteiger charge is 2.25. The van der Waals surface area contributed by atoms with Gasteiger partial charge in [0.2, 0.25) is 0 Å². The molecule has 6 nitrogen and oxygen atoms in total. The molecule has 2 rings (SSSR count). The van der Waals surface area contributed by atoms with Crippen molar-refractivity contribution in [2.24, 2.45) is 0 Å². The number of amides is 1. The Balaban J connectivity index is 2.20. The van der Waals surface area contributed by atoms with Crippen molar-refractivity contribution in [1.82, 2.24) is 4.90 Å². The first kappa shape index (κ1) is 14.9. The van der Waals surface area contributed by atoms with Crippen molar-refractivity contribution in [3.05, 3.63) is 38.3 Å². The van der Waals surface area contributed by atoms with Gasteiger partial charge in [-0.05, 0) is 34.5 Å². The number of halogens is 1. The number of rotatable bonds is 3. The van der Waals surface area contributed by atoms with Crippen molar-refractivity contribution in [1.29, 1.82) is 0 Å². The molecule has 7 heteroatoms. The minimum atomic E-state index is -0.505. The van der Waals surface area contributed by atoms with Gasteiger partial charge in [-0.15, -0.1) is 0 Å². The zero-order valence-electron chi connectivity index (χ0n) is 11.0. The standard InChI is InChI=1S/C13H15BrN2O4/c1-2-10-8-15(5-6-20-10)13(17)9-3-4-11(14)12(7-9)16(18)19/h3-4,7,10H,2,5-6,8H2,1H3. The fraction of sp³-hybridized carbons (Fsp3) is 0.462. The summed E-state index contributed by atoms with van der Waals surface area (Å²) in [6, 6.07) is 4.43. The average Bonchev–Trinajstić information content (AvgIpc) is 2.46. The highest BCUT2D eigenvalue weighted by Crippen LogP contribution is 2.26. The zero-order chi connectivity index (χ0) is 14.7. The van der Waals surface area contributed by atoms with Gasteiger partial charge >= 0.3 is 0 Å². The summed E-state index contributed by atoms with van der Waals surface area (Å²) in [5.74, 6) is -0.192. The van der Waals surface area contributed by atoms with Crippen LogP contribution in [-0.4, -0.2) is 41.5 Å². The smallest absolute Gasteiger partial charge is 0.284 e. The number of hydrogen-bond donors (Lipinski definition) is 0. The van der Waals surface area contributed by atoms with Crippen LogP contribution in [0.5, 0.6) is 0 Å². The predicted molar refractivity (Wildman–Crippen MR) is 76.7 cm³/mol. The van der Waals surface area contributed by atoms with Crippen molar-refractivity contribution >= 4 is 27.5 Å². The van der Waals surface area contributed by atoms with E-state index in [0.29, 0.717) is 29.7 Å². The van der Waals surface area contributed by atoms with Gasteiger partial charge in [-0.25, -0.2) is 0 Å². The first-order valence-electron chi connectivity index (χ1n) is 6.37. The lowest BCUT2D eigenvalue weighted by molar-refractivity contribution is -0.385. The Bertz CT molecular complexity index is 535. The minimum Gasteiger partial charge on any atom is -0.375 e. The summed E-state index contributed by atoms with van der Waals surface area (Å²) in [4.78, 5) is 24.5. The molecule has 0 aliphatic carbocycles. The lowest BCUT2D eigenvalue weighted by atomic mass is 10.1. The second-order valence-corrected chi connectivity index (χ2v) is 5.43. The molecule has 0 spiro atoms. The molecular formula is C13H15BrN2O4. The third-order valence-corrected chi connectivity index (χ3v) is 3.94. The van der Waals surface area contributed by atoms with Gasteiger partial charge in [0.1, 0.15) is 0 Å². The van der Waals surface area contributed by atoms with Gasteiger partial charge in [0.15, 0.2) is 0 Å². The Kier molecular flexibility index (Phi) is 4.72. The summed E-state index contributed by atoms with van der Waals surface area (Å²) < 4.78 is 5.88. The molecule has 108 valence electrons. The van der Waals surface area contributed by atoms with E-state index >= 15 is 0 Å². The molecule has 0 N–H and O–H groups in total. The Morgan fingerprint density at radius 2 is 2.35 bits per heavy atom. The number of benzene rings is 1. The van der Waals surface area contributed by atoms with E-state index in [9.17, 15) is 14.9 Å². The largest absolute Gasteiger partial charge is 0.375 e. The molecule has 0 radical (unpaired) electrons. The molecule has 0 saturated carbocycles. The van der Waals surface area contributed by atoms with Crippen molar-refractivity contribution in [3.8, 4) is 0 Å². The van der Waals surface area contributed by atoms with E-state index in [4.69, 9.17) is 4.74 Å². The van der Waals surface area contributed by atoms with Crippen LogP contribution in [0.15, 0.2) is 22.7 Å². The third kappa shape index (κ3) is 3.16. The summed E-state index contributed by atoms with van der Waals surface area (Å²) in [7, 11) is 0. The summed E-state index contributed by atoms with van der Waals surface area (Å²) in [6.45, 7) is 3.55. The summed E-state index contributed by atoms with van der Waals surface area (Å²) >= 11 is 3.11. The normalized spacial score (nSPS) is 18.9. The number of nitro groups is 1. The number of hydrogen-bond acceptors (Lipinski definition) is 4. The summed E-state index contributed by atoms with van der Waals surface area (Å²) in [6.07, 6.45) is 0.878. The van der Waals surface area contributed by atoms with Gasteiger partial charge < -0.3 is 9.64 Å². The molecule has 0 aromatic heterocycles. The lowest BCUT2D eigenvalue weighted by Crippen LogP contribution is -2.45. The maximum atomic E-state index is 12.4. The van der Waals surface area contributed by atoms with E-state index < -0.39 is 4.92 Å². The molecule has 1 fully saturated rings. The summed E-state index contributed by atoms with van der Waals surface area (Å²) in [5, 5.41) is 10.9. The van der Waals surface area contributed by atoms with Gasteiger partial charge in [-0.1, -0.05) is 6.92 Å². The molecule has 1 unspecified atom stereocenters. The molecule has 1 aliphatic heterocycles. The van der Waals surface area contributed by atoms with Gasteiger partial charge in [0, 0.05) is 24.7 Å². The van der Waals surface area contributed by atoms with Gasteiger partial charge in [-0.3, -0.25) is 14.9 Å². The number of carbonyl (C=O) groups is 1. The number of nitrogens with zero attached hydrogens (tertiary/aromatic N) is 2. The monoisotopic (exact) mass is 342 g/mol. The second-order valence-electron chi connectivity index (χ2n) is 4.58. The van der Waals surface area contributed by atoms with Gasteiger partial charge in [0.25, 0.3) is 11.6 Å². The molecular weight excluding hydrogens is 328 g/mol. The molecule has 1 aromatic rings. The quantitative estimate of drug-likeness (QED) is 0.625. The number of nitro benzene ring substituents is 1. The topological polar surface area (TPSA) is 72.7 Å². The Morgan fingerprint density at radius 3 is 3.00 bits per heavy atom. The van der Waals surface area contributed by atoms with E-state index in [1.807, 2.05) is 6.92 Å². The Labute approximate surface area is 125 Å². The molecule has 1 aliphatic rings. The molecule has 1 atom stereocenters. The fourth-order valence-electron chi connectivity index (χ4n) is 2.12. The number of morpholine rings is 1. The van der Waals surface area contributed by atoms with Crippen molar-refractivity contribution in [2.75, 3.05) is 19.7 Å². The van der Waals surface area contributed by atoms with Crippen LogP contribution in [0.3, 0.4) is 0 Å². The number of carbonyl (C=O) groups excluding carboxylic acids is 1. The third-order valence-electron chi connectivity index (χ3n) is 3.27. The van der Waals surface area contributed by atoms with Crippen LogP contribution in [-0.2, 0) is 4.74 Å². The predicted octanol–water partition coefficient (Wildman–Crippen LogP) is 2.61. The molecule has 1 amide bonds. The van der Waals surface area contributed by atoms with Crippen LogP contribution in [0.2, 0.25) is 0 Å². The Hall–Kier alpha value is -1.47. The first-order valence-corrected chi connectivity index (χ1v) is 7.17. The SMILES string of the molecule is CCC1CN(C(=O)c2ccc(Br)c([N+](=O)[O-])c2)CCO1. The van der Waals surface area contributed by atoms with Crippen LogP contribution in [0, 0.1) is 10.1 Å².